The maximum absolute atomic E-state index is 12.4. The van der Waals surface area contributed by atoms with E-state index in [1.54, 1.807) is 24.1 Å². The molecule has 2 rings (SSSR count). The van der Waals surface area contributed by atoms with Crippen LogP contribution in [0.2, 0.25) is 0 Å². The van der Waals surface area contributed by atoms with Crippen LogP contribution in [0.4, 0.5) is 11.4 Å². The number of non-ortho nitro benzene ring substituents is 1. The monoisotopic (exact) mass is 334 g/mol. The lowest BCUT2D eigenvalue weighted by atomic mass is 9.93. The van der Waals surface area contributed by atoms with Gasteiger partial charge in [0.05, 0.1) is 11.5 Å². The van der Waals surface area contributed by atoms with Crippen LogP contribution in [0.15, 0.2) is 24.3 Å². The van der Waals surface area contributed by atoms with Crippen molar-refractivity contribution >= 4 is 17.3 Å². The third kappa shape index (κ3) is 5.01. The molecule has 1 N–H and O–H groups in total. The van der Waals surface area contributed by atoms with Crippen molar-refractivity contribution in [3.8, 4) is 0 Å². The largest absolute Gasteiger partial charge is 0.320 e. The van der Waals surface area contributed by atoms with Gasteiger partial charge in [-0.25, -0.2) is 0 Å². The Morgan fingerprint density at radius 3 is 2.50 bits per heavy atom. The number of carbonyl (C=O) groups is 1. The van der Waals surface area contributed by atoms with Crippen molar-refractivity contribution in [2.45, 2.75) is 19.3 Å². The fourth-order valence-corrected chi connectivity index (χ4v) is 3.02. The number of nitrogens with zero attached hydrogens (tertiary/aromatic N) is 3. The number of carbonyl (C=O) groups excluding carboxylic acids is 1. The van der Waals surface area contributed by atoms with Gasteiger partial charge in [-0.3, -0.25) is 19.8 Å². The molecule has 1 aliphatic rings. The summed E-state index contributed by atoms with van der Waals surface area (Å²) in [7, 11) is 3.69. The van der Waals surface area contributed by atoms with Crippen molar-refractivity contribution in [2.75, 3.05) is 45.2 Å². The van der Waals surface area contributed by atoms with Crippen LogP contribution in [0.5, 0.6) is 0 Å². The molecule has 132 valence electrons. The maximum Gasteiger partial charge on any atom is 0.269 e. The number of benzene rings is 1. The molecule has 0 aromatic heterocycles. The summed E-state index contributed by atoms with van der Waals surface area (Å²) < 4.78 is 0. The molecule has 7 heteroatoms. The first-order chi connectivity index (χ1) is 11.5. The van der Waals surface area contributed by atoms with Gasteiger partial charge in [-0.05, 0) is 64.0 Å². The van der Waals surface area contributed by atoms with Crippen molar-refractivity contribution in [1.82, 2.24) is 10.2 Å². The van der Waals surface area contributed by atoms with Crippen molar-refractivity contribution in [3.05, 3.63) is 34.4 Å². The molecule has 1 aromatic carbocycles. The zero-order valence-corrected chi connectivity index (χ0v) is 14.4. The molecule has 24 heavy (non-hydrogen) atoms. The number of amides is 1. The minimum absolute atomic E-state index is 0.0116. The van der Waals surface area contributed by atoms with E-state index < -0.39 is 4.92 Å². The lowest BCUT2D eigenvalue weighted by molar-refractivity contribution is -0.384. The predicted molar refractivity (Wildman–Crippen MR) is 94.2 cm³/mol. The summed E-state index contributed by atoms with van der Waals surface area (Å²) in [4.78, 5) is 26.4. The van der Waals surface area contributed by atoms with Gasteiger partial charge < -0.3 is 10.2 Å². The second-order valence-electron chi connectivity index (χ2n) is 6.34. The second-order valence-corrected chi connectivity index (χ2v) is 6.34. The van der Waals surface area contributed by atoms with Gasteiger partial charge in [-0.15, -0.1) is 0 Å². The topological polar surface area (TPSA) is 78.7 Å². The van der Waals surface area contributed by atoms with Crippen molar-refractivity contribution in [1.29, 1.82) is 0 Å². The van der Waals surface area contributed by atoms with Gasteiger partial charge in [0.2, 0.25) is 5.91 Å². The molecule has 1 amide bonds. The number of nitro groups is 1. The van der Waals surface area contributed by atoms with Crippen molar-refractivity contribution in [3.63, 3.8) is 0 Å². The minimum Gasteiger partial charge on any atom is -0.320 e. The molecule has 0 atom stereocenters. The van der Waals surface area contributed by atoms with Gasteiger partial charge >= 0.3 is 0 Å². The summed E-state index contributed by atoms with van der Waals surface area (Å²) in [6, 6.07) is 6.07. The average Bonchev–Trinajstić information content (AvgIpc) is 2.60. The summed E-state index contributed by atoms with van der Waals surface area (Å²) in [5, 5.41) is 13.9. The summed E-state index contributed by atoms with van der Waals surface area (Å²) >= 11 is 0. The number of nitrogens with one attached hydrogen (secondary N) is 1. The van der Waals surface area contributed by atoms with Crippen LogP contribution in [0.3, 0.4) is 0 Å². The Kier molecular flexibility index (Phi) is 6.69. The van der Waals surface area contributed by atoms with Crippen LogP contribution in [0, 0.1) is 16.0 Å². The summed E-state index contributed by atoms with van der Waals surface area (Å²) in [5.74, 6) is 0.758. The molecule has 1 saturated heterocycles. The molecular weight excluding hydrogens is 308 g/mol. The highest BCUT2D eigenvalue weighted by molar-refractivity contribution is 5.94. The Morgan fingerprint density at radius 1 is 1.33 bits per heavy atom. The zero-order valence-electron chi connectivity index (χ0n) is 14.4. The molecule has 0 radical (unpaired) electrons. The molecule has 0 spiro atoms. The van der Waals surface area contributed by atoms with Crippen LogP contribution < -0.4 is 10.2 Å². The van der Waals surface area contributed by atoms with E-state index in [1.807, 2.05) is 7.05 Å². The zero-order chi connectivity index (χ0) is 17.5. The Bertz CT molecular complexity index is 553. The van der Waals surface area contributed by atoms with Crippen LogP contribution in [0.25, 0.3) is 0 Å². The first-order valence-electron chi connectivity index (χ1n) is 8.39. The van der Waals surface area contributed by atoms with E-state index in [0.717, 1.165) is 38.4 Å². The molecule has 0 unspecified atom stereocenters. The quantitative estimate of drug-likeness (QED) is 0.608. The van der Waals surface area contributed by atoms with E-state index in [-0.39, 0.29) is 11.6 Å². The third-order valence-corrected chi connectivity index (χ3v) is 4.69. The third-order valence-electron chi connectivity index (χ3n) is 4.69. The molecule has 7 nitrogen and oxygen atoms in total. The first kappa shape index (κ1) is 18.4. The molecule has 1 aliphatic heterocycles. The summed E-state index contributed by atoms with van der Waals surface area (Å²) in [6.45, 7) is 3.35. The summed E-state index contributed by atoms with van der Waals surface area (Å²) in [5.41, 5.74) is 0.706. The van der Waals surface area contributed by atoms with Gasteiger partial charge in [0, 0.05) is 24.9 Å². The van der Waals surface area contributed by atoms with Crippen molar-refractivity contribution < 1.29 is 9.72 Å². The van der Waals surface area contributed by atoms with Gasteiger partial charge in [0.1, 0.15) is 0 Å². The smallest absolute Gasteiger partial charge is 0.269 e. The number of nitro benzene ring substituents is 1. The van der Waals surface area contributed by atoms with E-state index in [4.69, 9.17) is 0 Å². The van der Waals surface area contributed by atoms with E-state index in [9.17, 15) is 14.9 Å². The Balaban J connectivity index is 1.83. The van der Waals surface area contributed by atoms with Gasteiger partial charge in [0.25, 0.3) is 5.69 Å². The summed E-state index contributed by atoms with van der Waals surface area (Å²) in [6.07, 6.45) is 3.47. The molecular formula is C17H26N4O3. The molecule has 1 heterocycles. The molecule has 0 bridgehead atoms. The highest BCUT2D eigenvalue weighted by Gasteiger charge is 2.22. The fourth-order valence-electron chi connectivity index (χ4n) is 3.02. The van der Waals surface area contributed by atoms with Gasteiger partial charge in [-0.1, -0.05) is 0 Å². The van der Waals surface area contributed by atoms with Crippen LogP contribution >= 0.6 is 0 Å². The number of hydrogen-bond donors (Lipinski definition) is 1. The van der Waals surface area contributed by atoms with Gasteiger partial charge in [0.15, 0.2) is 0 Å². The maximum atomic E-state index is 12.4. The number of likely N-dealkylation sites (N-methyl/N-ethyl adjacent to an activating group) is 1. The van der Waals surface area contributed by atoms with E-state index in [1.165, 1.54) is 18.6 Å². The van der Waals surface area contributed by atoms with E-state index in [0.29, 0.717) is 12.2 Å². The lowest BCUT2D eigenvalue weighted by Crippen LogP contribution is -2.42. The van der Waals surface area contributed by atoms with Gasteiger partial charge in [-0.2, -0.15) is 0 Å². The average molecular weight is 334 g/mol. The minimum atomic E-state index is -0.441. The van der Waals surface area contributed by atoms with E-state index >= 15 is 0 Å². The van der Waals surface area contributed by atoms with Crippen LogP contribution in [-0.2, 0) is 4.79 Å². The number of hydrogen-bond acceptors (Lipinski definition) is 5. The molecule has 1 fully saturated rings. The number of anilines is 1. The molecule has 0 saturated carbocycles. The number of piperidine rings is 1. The number of rotatable bonds is 7. The highest BCUT2D eigenvalue weighted by atomic mass is 16.6. The second kappa shape index (κ2) is 8.75. The highest BCUT2D eigenvalue weighted by Crippen LogP contribution is 2.21. The Labute approximate surface area is 142 Å². The number of likely N-dealkylation sites (tertiary alicyclic amines) is 1. The van der Waals surface area contributed by atoms with Crippen LogP contribution in [0.1, 0.15) is 19.3 Å². The fraction of sp³-hybridized carbons (Fsp3) is 0.588. The predicted octanol–water partition coefficient (Wildman–Crippen LogP) is 1.88. The van der Waals surface area contributed by atoms with Crippen molar-refractivity contribution in [2.24, 2.45) is 5.92 Å². The van der Waals surface area contributed by atoms with Crippen LogP contribution in [-0.4, -0.2) is 56.0 Å². The normalized spacial score (nSPS) is 16.1. The molecule has 1 aromatic rings. The first-order valence-corrected chi connectivity index (χ1v) is 8.39. The lowest BCUT2D eigenvalue weighted by Gasteiger charge is -2.32. The Hall–Kier alpha value is -1.99. The Morgan fingerprint density at radius 2 is 1.96 bits per heavy atom. The van der Waals surface area contributed by atoms with E-state index in [2.05, 4.69) is 10.2 Å². The standard InChI is InChI=1S/C17H26N4O3/c1-18-10-7-14-8-11-20(12-9-14)13-17(22)19(2)15-3-5-16(6-4-15)21(23)24/h3-6,14,18H,7-13H2,1-2H3. The molecule has 0 aliphatic carbocycles. The SMILES string of the molecule is CNCCC1CCN(CC(=O)N(C)c2ccc([N+](=O)[O-])cc2)CC1.